The standard InChI is InChI=1S/C55H34N4O/c1-5-16-35(17-6-1)39-28-30-47-45(32-39)51-42-25-14-13-24-41(42)44(36-18-7-2-8-19-36)34-48(51)59(47)40-29-31-49-46(33-40)52-43(26-15-27-50(52)60-49)55-57-53(37-20-9-3-10-21-37)56-54(58-55)38-22-11-4-12-23-38/h1-34H. The van der Waals surface area contributed by atoms with E-state index in [1.807, 2.05) is 72.8 Å². The summed E-state index contributed by atoms with van der Waals surface area (Å²) in [7, 11) is 0. The van der Waals surface area contributed by atoms with Crippen LogP contribution in [-0.4, -0.2) is 19.5 Å². The Morgan fingerprint density at radius 2 is 0.917 bits per heavy atom. The molecule has 60 heavy (non-hydrogen) atoms. The first-order valence-electron chi connectivity index (χ1n) is 20.2. The van der Waals surface area contributed by atoms with Crippen molar-refractivity contribution in [3.05, 3.63) is 206 Å². The highest BCUT2D eigenvalue weighted by molar-refractivity contribution is 6.25. The Kier molecular flexibility index (Phi) is 7.78. The lowest BCUT2D eigenvalue weighted by atomic mass is 9.94. The molecule has 280 valence electrons. The molecule has 0 fully saturated rings. The van der Waals surface area contributed by atoms with Crippen LogP contribution in [0.1, 0.15) is 0 Å². The van der Waals surface area contributed by atoms with Crippen molar-refractivity contribution in [2.75, 3.05) is 0 Å². The molecule has 0 atom stereocenters. The molecular weight excluding hydrogens is 733 g/mol. The second-order valence-electron chi connectivity index (χ2n) is 15.2. The second-order valence-corrected chi connectivity index (χ2v) is 15.2. The maximum absolute atomic E-state index is 6.61. The first-order valence-corrected chi connectivity index (χ1v) is 20.2. The van der Waals surface area contributed by atoms with Crippen molar-refractivity contribution in [2.45, 2.75) is 0 Å². The maximum atomic E-state index is 6.61. The van der Waals surface area contributed by atoms with Crippen molar-refractivity contribution in [1.82, 2.24) is 19.5 Å². The van der Waals surface area contributed by atoms with Crippen molar-refractivity contribution in [2.24, 2.45) is 0 Å². The monoisotopic (exact) mass is 766 g/mol. The molecule has 9 aromatic carbocycles. The van der Waals surface area contributed by atoms with Gasteiger partial charge in [-0.25, -0.2) is 15.0 Å². The van der Waals surface area contributed by atoms with Gasteiger partial charge in [-0.15, -0.1) is 0 Å². The lowest BCUT2D eigenvalue weighted by Crippen LogP contribution is -2.00. The second kappa shape index (κ2) is 13.8. The topological polar surface area (TPSA) is 56.7 Å². The van der Waals surface area contributed by atoms with Crippen LogP contribution in [0, 0.1) is 0 Å². The highest BCUT2D eigenvalue weighted by atomic mass is 16.3. The van der Waals surface area contributed by atoms with Gasteiger partial charge in [0.05, 0.1) is 11.0 Å². The van der Waals surface area contributed by atoms with Gasteiger partial charge in [-0.05, 0) is 75.5 Å². The fraction of sp³-hybridized carbons (Fsp3) is 0. The summed E-state index contributed by atoms with van der Waals surface area (Å²) in [4.78, 5) is 15.2. The Morgan fingerprint density at radius 3 is 1.60 bits per heavy atom. The predicted molar refractivity (Wildman–Crippen MR) is 246 cm³/mol. The first kappa shape index (κ1) is 33.9. The van der Waals surface area contributed by atoms with Crippen LogP contribution < -0.4 is 0 Å². The van der Waals surface area contributed by atoms with Crippen LogP contribution in [0.2, 0.25) is 0 Å². The number of furan rings is 1. The van der Waals surface area contributed by atoms with E-state index in [1.165, 1.54) is 43.8 Å². The zero-order valence-electron chi connectivity index (χ0n) is 32.3. The predicted octanol–water partition coefficient (Wildman–Crippen LogP) is 14.4. The lowest BCUT2D eigenvalue weighted by molar-refractivity contribution is 0.669. The lowest BCUT2D eigenvalue weighted by Gasteiger charge is -2.12. The van der Waals surface area contributed by atoms with Gasteiger partial charge in [-0.1, -0.05) is 164 Å². The van der Waals surface area contributed by atoms with E-state index < -0.39 is 0 Å². The number of hydrogen-bond donors (Lipinski definition) is 0. The van der Waals surface area contributed by atoms with Gasteiger partial charge in [0, 0.05) is 43.9 Å². The quantitative estimate of drug-likeness (QED) is 0.169. The highest BCUT2D eigenvalue weighted by Gasteiger charge is 2.22. The molecule has 12 rings (SSSR count). The van der Waals surface area contributed by atoms with Gasteiger partial charge in [0.1, 0.15) is 11.2 Å². The Labute approximate surface area is 345 Å². The van der Waals surface area contributed by atoms with E-state index in [2.05, 4.69) is 138 Å². The summed E-state index contributed by atoms with van der Waals surface area (Å²) in [6.45, 7) is 0. The van der Waals surface area contributed by atoms with Gasteiger partial charge in [0.2, 0.25) is 0 Å². The maximum Gasteiger partial charge on any atom is 0.164 e. The van der Waals surface area contributed by atoms with Crippen molar-refractivity contribution in [3.63, 3.8) is 0 Å². The molecule has 0 saturated carbocycles. The first-order chi connectivity index (χ1) is 29.7. The average molecular weight is 767 g/mol. The summed E-state index contributed by atoms with van der Waals surface area (Å²) in [5.74, 6) is 1.82. The normalized spacial score (nSPS) is 11.7. The molecule has 0 aliphatic rings. The third-order valence-electron chi connectivity index (χ3n) is 11.6. The van der Waals surface area contributed by atoms with E-state index in [0.717, 1.165) is 55.3 Å². The van der Waals surface area contributed by atoms with Crippen molar-refractivity contribution < 1.29 is 4.42 Å². The van der Waals surface area contributed by atoms with Crippen molar-refractivity contribution >= 4 is 54.5 Å². The molecule has 3 aromatic heterocycles. The summed E-state index contributed by atoms with van der Waals surface area (Å²) in [6.07, 6.45) is 0. The minimum Gasteiger partial charge on any atom is -0.456 e. The molecule has 3 heterocycles. The molecule has 5 heteroatoms. The fourth-order valence-electron chi connectivity index (χ4n) is 8.90. The number of hydrogen-bond acceptors (Lipinski definition) is 4. The third kappa shape index (κ3) is 5.52. The van der Waals surface area contributed by atoms with E-state index in [9.17, 15) is 0 Å². The van der Waals surface area contributed by atoms with Crippen LogP contribution in [0.3, 0.4) is 0 Å². The van der Waals surface area contributed by atoms with Crippen LogP contribution in [0.4, 0.5) is 0 Å². The van der Waals surface area contributed by atoms with Crippen LogP contribution in [0.5, 0.6) is 0 Å². The third-order valence-corrected chi connectivity index (χ3v) is 11.6. The Morgan fingerprint density at radius 1 is 0.317 bits per heavy atom. The molecular formula is C55H34N4O. The van der Waals surface area contributed by atoms with E-state index in [-0.39, 0.29) is 0 Å². The number of benzene rings is 9. The minimum absolute atomic E-state index is 0.589. The van der Waals surface area contributed by atoms with Gasteiger partial charge in [-0.2, -0.15) is 0 Å². The molecule has 0 aliphatic heterocycles. The van der Waals surface area contributed by atoms with E-state index >= 15 is 0 Å². The van der Waals surface area contributed by atoms with E-state index in [0.29, 0.717) is 17.5 Å². The summed E-state index contributed by atoms with van der Waals surface area (Å²) < 4.78 is 9.03. The average Bonchev–Trinajstić information content (AvgIpc) is 3.87. The van der Waals surface area contributed by atoms with Crippen molar-refractivity contribution in [1.29, 1.82) is 0 Å². The summed E-state index contributed by atoms with van der Waals surface area (Å²) >= 11 is 0. The molecule has 0 amide bonds. The minimum atomic E-state index is 0.589. The molecule has 0 bridgehead atoms. The van der Waals surface area contributed by atoms with Crippen LogP contribution in [0.25, 0.3) is 117 Å². The largest absolute Gasteiger partial charge is 0.456 e. The highest BCUT2D eigenvalue weighted by Crippen LogP contribution is 2.44. The van der Waals surface area contributed by atoms with Gasteiger partial charge < -0.3 is 8.98 Å². The molecule has 0 N–H and O–H groups in total. The zero-order valence-corrected chi connectivity index (χ0v) is 32.3. The Bertz CT molecular complexity index is 3520. The summed E-state index contributed by atoms with van der Waals surface area (Å²) in [5, 5.41) is 6.82. The van der Waals surface area contributed by atoms with Crippen LogP contribution >= 0.6 is 0 Å². The van der Waals surface area contributed by atoms with Gasteiger partial charge in [-0.3, -0.25) is 0 Å². The Hall–Kier alpha value is -8.15. The van der Waals surface area contributed by atoms with Gasteiger partial charge >= 0.3 is 0 Å². The van der Waals surface area contributed by atoms with Crippen LogP contribution in [-0.2, 0) is 0 Å². The van der Waals surface area contributed by atoms with Crippen LogP contribution in [0.15, 0.2) is 211 Å². The van der Waals surface area contributed by atoms with E-state index in [1.54, 1.807) is 0 Å². The molecule has 0 radical (unpaired) electrons. The zero-order chi connectivity index (χ0) is 39.6. The molecule has 0 spiro atoms. The summed E-state index contributed by atoms with van der Waals surface area (Å²) in [6, 6.07) is 72.3. The smallest absolute Gasteiger partial charge is 0.164 e. The van der Waals surface area contributed by atoms with E-state index in [4.69, 9.17) is 19.4 Å². The SMILES string of the molecule is c1ccc(-c2ccc3c(c2)c2c4ccccc4c(-c4ccccc4)cc2n3-c2ccc3oc4cccc(-c5nc(-c6ccccc6)nc(-c6ccccc6)n5)c4c3c2)cc1. The molecule has 0 aliphatic carbocycles. The number of fused-ring (bicyclic) bond motifs is 8. The molecule has 12 aromatic rings. The Balaban J connectivity index is 1.13. The van der Waals surface area contributed by atoms with Gasteiger partial charge in [0.15, 0.2) is 17.5 Å². The molecule has 0 unspecified atom stereocenters. The number of rotatable bonds is 6. The molecule has 0 saturated heterocycles. The van der Waals surface area contributed by atoms with Gasteiger partial charge in [0.25, 0.3) is 0 Å². The molecule has 5 nitrogen and oxygen atoms in total. The number of aromatic nitrogens is 4. The number of nitrogens with zero attached hydrogens (tertiary/aromatic N) is 4. The van der Waals surface area contributed by atoms with Crippen molar-refractivity contribution in [3.8, 4) is 62.1 Å². The fourth-order valence-corrected chi connectivity index (χ4v) is 8.90. The summed E-state index contributed by atoms with van der Waals surface area (Å²) in [5.41, 5.74) is 12.3.